The fourth-order valence-corrected chi connectivity index (χ4v) is 2.58. The number of hydrogen-bond acceptors (Lipinski definition) is 2. The van der Waals surface area contributed by atoms with Crippen LogP contribution in [0.25, 0.3) is 0 Å². The van der Waals surface area contributed by atoms with E-state index < -0.39 is 0 Å². The minimum atomic E-state index is -0.346. The highest BCUT2D eigenvalue weighted by molar-refractivity contribution is 5.90. The van der Waals surface area contributed by atoms with Crippen LogP contribution in [0.5, 0.6) is 0 Å². The minimum Gasteiger partial charge on any atom is -0.344 e. The van der Waals surface area contributed by atoms with E-state index in [4.69, 9.17) is 0 Å². The molecule has 2 amide bonds. The van der Waals surface area contributed by atoms with E-state index in [2.05, 4.69) is 5.32 Å². The summed E-state index contributed by atoms with van der Waals surface area (Å²) in [5.41, 5.74) is 0. The molecule has 1 saturated heterocycles. The van der Waals surface area contributed by atoms with Crippen LogP contribution in [0.2, 0.25) is 0 Å². The number of hydrogen-bond donors (Lipinski definition) is 1. The van der Waals surface area contributed by atoms with Crippen molar-refractivity contribution >= 4 is 11.8 Å². The predicted octanol–water partition coefficient (Wildman–Crippen LogP) is 1.55. The molecule has 1 heterocycles. The first-order valence-electron chi connectivity index (χ1n) is 7.09. The Morgan fingerprint density at radius 2 is 2.00 bits per heavy atom. The van der Waals surface area contributed by atoms with Crippen molar-refractivity contribution in [2.45, 2.75) is 58.5 Å². The Bertz CT molecular complexity index is 337. The van der Waals surface area contributed by atoms with Crippen molar-refractivity contribution in [1.82, 2.24) is 10.2 Å². The average molecular weight is 252 g/mol. The normalized spacial score (nSPS) is 29.4. The summed E-state index contributed by atoms with van der Waals surface area (Å²) in [7, 11) is 0. The van der Waals surface area contributed by atoms with Crippen molar-refractivity contribution in [2.75, 3.05) is 6.54 Å². The molecule has 2 fully saturated rings. The Kier molecular flexibility index (Phi) is 3.93. The number of rotatable bonds is 4. The standard InChI is InChI=1S/C14H24N2O2/c1-9(2)13-14(18)16(7-6-11-4-5-11)10(3)8-12(17)15-13/h9-11,13H,4-8H2,1-3H3,(H,15,17). The summed E-state index contributed by atoms with van der Waals surface area (Å²) in [4.78, 5) is 26.2. The molecule has 4 heteroatoms. The Labute approximate surface area is 109 Å². The van der Waals surface area contributed by atoms with Crippen molar-refractivity contribution in [3.05, 3.63) is 0 Å². The van der Waals surface area contributed by atoms with Crippen LogP contribution in [0.3, 0.4) is 0 Å². The minimum absolute atomic E-state index is 0.00321. The first kappa shape index (κ1) is 13.4. The lowest BCUT2D eigenvalue weighted by Crippen LogP contribution is -2.49. The van der Waals surface area contributed by atoms with E-state index in [0.717, 1.165) is 18.9 Å². The summed E-state index contributed by atoms with van der Waals surface area (Å²) in [6.07, 6.45) is 4.14. The van der Waals surface area contributed by atoms with Gasteiger partial charge in [0.25, 0.3) is 0 Å². The van der Waals surface area contributed by atoms with E-state index in [-0.39, 0.29) is 29.8 Å². The van der Waals surface area contributed by atoms with Gasteiger partial charge in [0, 0.05) is 19.0 Å². The van der Waals surface area contributed by atoms with Gasteiger partial charge >= 0.3 is 0 Å². The first-order valence-corrected chi connectivity index (χ1v) is 7.09. The van der Waals surface area contributed by atoms with Gasteiger partial charge in [-0.2, -0.15) is 0 Å². The Hall–Kier alpha value is -1.06. The summed E-state index contributed by atoms with van der Waals surface area (Å²) in [6, 6.07) is -0.318. The van der Waals surface area contributed by atoms with Gasteiger partial charge in [-0.15, -0.1) is 0 Å². The van der Waals surface area contributed by atoms with Gasteiger partial charge in [-0.1, -0.05) is 26.7 Å². The fraction of sp³-hybridized carbons (Fsp3) is 0.857. The van der Waals surface area contributed by atoms with Crippen LogP contribution < -0.4 is 5.32 Å². The monoisotopic (exact) mass is 252 g/mol. The zero-order valence-electron chi connectivity index (χ0n) is 11.6. The lowest BCUT2D eigenvalue weighted by atomic mass is 10.0. The van der Waals surface area contributed by atoms with Crippen LogP contribution >= 0.6 is 0 Å². The van der Waals surface area contributed by atoms with Crippen molar-refractivity contribution in [3.8, 4) is 0 Å². The molecule has 4 nitrogen and oxygen atoms in total. The van der Waals surface area contributed by atoms with E-state index in [0.29, 0.717) is 6.42 Å². The topological polar surface area (TPSA) is 49.4 Å². The van der Waals surface area contributed by atoms with Gasteiger partial charge < -0.3 is 10.2 Å². The molecule has 1 aliphatic carbocycles. The Morgan fingerprint density at radius 3 is 2.56 bits per heavy atom. The second kappa shape index (κ2) is 5.29. The number of nitrogens with zero attached hydrogens (tertiary/aromatic N) is 1. The smallest absolute Gasteiger partial charge is 0.245 e. The van der Waals surface area contributed by atoms with Crippen molar-refractivity contribution < 1.29 is 9.59 Å². The van der Waals surface area contributed by atoms with Gasteiger partial charge in [0.15, 0.2) is 0 Å². The van der Waals surface area contributed by atoms with E-state index in [1.54, 1.807) is 0 Å². The van der Waals surface area contributed by atoms with Crippen LogP contribution in [-0.4, -0.2) is 35.3 Å². The molecule has 1 aliphatic heterocycles. The molecule has 0 bridgehead atoms. The SMILES string of the molecule is CC(C)C1NC(=O)CC(C)N(CCC2CC2)C1=O. The lowest BCUT2D eigenvalue weighted by Gasteiger charge is -2.30. The molecule has 18 heavy (non-hydrogen) atoms. The Morgan fingerprint density at radius 1 is 1.33 bits per heavy atom. The quantitative estimate of drug-likeness (QED) is 0.825. The van der Waals surface area contributed by atoms with Gasteiger partial charge in [-0.25, -0.2) is 0 Å². The third kappa shape index (κ3) is 3.03. The molecule has 0 radical (unpaired) electrons. The highest BCUT2D eigenvalue weighted by atomic mass is 16.2. The van der Waals surface area contributed by atoms with Crippen molar-refractivity contribution in [2.24, 2.45) is 11.8 Å². The summed E-state index contributed by atoms with van der Waals surface area (Å²) in [5, 5.41) is 2.86. The van der Waals surface area contributed by atoms with Gasteiger partial charge in [0.2, 0.25) is 11.8 Å². The maximum absolute atomic E-state index is 12.5. The summed E-state index contributed by atoms with van der Waals surface area (Å²) < 4.78 is 0. The second-order valence-electron chi connectivity index (χ2n) is 6.11. The molecule has 2 aliphatic rings. The van der Waals surface area contributed by atoms with Gasteiger partial charge in [-0.05, 0) is 25.2 Å². The van der Waals surface area contributed by atoms with Gasteiger partial charge in [0.1, 0.15) is 6.04 Å². The summed E-state index contributed by atoms with van der Waals surface area (Å²) >= 11 is 0. The molecule has 2 rings (SSSR count). The maximum atomic E-state index is 12.5. The fourth-order valence-electron chi connectivity index (χ4n) is 2.58. The molecular formula is C14H24N2O2. The number of carbonyl (C=O) groups is 2. The van der Waals surface area contributed by atoms with Gasteiger partial charge in [-0.3, -0.25) is 9.59 Å². The number of nitrogens with one attached hydrogen (secondary N) is 1. The largest absolute Gasteiger partial charge is 0.344 e. The molecule has 0 aromatic heterocycles. The van der Waals surface area contributed by atoms with Crippen LogP contribution in [0.1, 0.15) is 46.5 Å². The van der Waals surface area contributed by atoms with E-state index >= 15 is 0 Å². The van der Waals surface area contributed by atoms with Crippen LogP contribution in [0.15, 0.2) is 0 Å². The summed E-state index contributed by atoms with van der Waals surface area (Å²) in [6.45, 7) is 6.76. The van der Waals surface area contributed by atoms with Crippen molar-refractivity contribution in [3.63, 3.8) is 0 Å². The van der Waals surface area contributed by atoms with Gasteiger partial charge in [0.05, 0.1) is 0 Å². The third-order valence-electron chi connectivity index (χ3n) is 4.02. The maximum Gasteiger partial charge on any atom is 0.245 e. The van der Waals surface area contributed by atoms with E-state index in [1.807, 2.05) is 25.7 Å². The molecule has 0 aromatic rings. The van der Waals surface area contributed by atoms with Crippen LogP contribution in [-0.2, 0) is 9.59 Å². The molecule has 102 valence electrons. The van der Waals surface area contributed by atoms with Crippen LogP contribution in [0, 0.1) is 11.8 Å². The van der Waals surface area contributed by atoms with Crippen LogP contribution in [0.4, 0.5) is 0 Å². The molecule has 2 unspecified atom stereocenters. The molecule has 2 atom stereocenters. The first-order chi connectivity index (χ1) is 8.49. The highest BCUT2D eigenvalue weighted by Crippen LogP contribution is 2.33. The average Bonchev–Trinajstić information content (AvgIpc) is 3.08. The molecule has 1 N–H and O–H groups in total. The van der Waals surface area contributed by atoms with Crippen molar-refractivity contribution in [1.29, 1.82) is 0 Å². The van der Waals surface area contributed by atoms with E-state index in [1.165, 1.54) is 12.8 Å². The molecular weight excluding hydrogens is 228 g/mol. The van der Waals surface area contributed by atoms with E-state index in [9.17, 15) is 9.59 Å². The zero-order chi connectivity index (χ0) is 13.3. The number of amides is 2. The summed E-state index contributed by atoms with van der Waals surface area (Å²) in [5.74, 6) is 1.07. The number of carbonyl (C=O) groups excluding carboxylic acids is 2. The predicted molar refractivity (Wildman–Crippen MR) is 69.9 cm³/mol. The third-order valence-corrected chi connectivity index (χ3v) is 4.02. The molecule has 0 aromatic carbocycles. The lowest BCUT2D eigenvalue weighted by molar-refractivity contribution is -0.136. The Balaban J connectivity index is 2.07. The highest BCUT2D eigenvalue weighted by Gasteiger charge is 2.36. The molecule has 0 spiro atoms. The zero-order valence-corrected chi connectivity index (χ0v) is 11.6. The second-order valence-corrected chi connectivity index (χ2v) is 6.11. The molecule has 1 saturated carbocycles.